The highest BCUT2D eigenvalue weighted by Gasteiger charge is 2.23. The van der Waals surface area contributed by atoms with Crippen LogP contribution in [0.1, 0.15) is 48.5 Å². The van der Waals surface area contributed by atoms with Gasteiger partial charge in [0.1, 0.15) is 17.5 Å². The predicted molar refractivity (Wildman–Crippen MR) is 92.3 cm³/mol. The maximum absolute atomic E-state index is 12.3. The fourth-order valence-electron chi connectivity index (χ4n) is 3.35. The molecule has 2 aromatic rings. The van der Waals surface area contributed by atoms with Crippen molar-refractivity contribution in [1.82, 2.24) is 30.0 Å². The quantitative estimate of drug-likeness (QED) is 0.826. The van der Waals surface area contributed by atoms with Crippen molar-refractivity contribution in [2.45, 2.75) is 65.5 Å². The Balaban J connectivity index is 1.58. The second-order valence-corrected chi connectivity index (χ2v) is 6.52. The van der Waals surface area contributed by atoms with Crippen molar-refractivity contribution in [2.75, 3.05) is 0 Å². The van der Waals surface area contributed by atoms with E-state index in [2.05, 4.69) is 37.0 Å². The van der Waals surface area contributed by atoms with Crippen molar-refractivity contribution in [2.24, 2.45) is 0 Å². The molecule has 1 atom stereocenters. The molecular formula is C17H24N6O2. The SMILES string of the molecule is CCc1nnc2n1C[C@@H](NC(=O)CCc1c(C)nc(C)[nH]c1=O)CC2. The van der Waals surface area contributed by atoms with Crippen LogP contribution in [0, 0.1) is 13.8 Å². The van der Waals surface area contributed by atoms with Crippen LogP contribution in [0.3, 0.4) is 0 Å². The first-order valence-corrected chi connectivity index (χ1v) is 8.74. The number of hydrogen-bond acceptors (Lipinski definition) is 5. The lowest BCUT2D eigenvalue weighted by atomic mass is 10.1. The van der Waals surface area contributed by atoms with Gasteiger partial charge in [-0.15, -0.1) is 10.2 Å². The van der Waals surface area contributed by atoms with E-state index in [4.69, 9.17) is 0 Å². The monoisotopic (exact) mass is 344 g/mol. The average molecular weight is 344 g/mol. The van der Waals surface area contributed by atoms with Gasteiger partial charge in [-0.2, -0.15) is 0 Å². The summed E-state index contributed by atoms with van der Waals surface area (Å²) < 4.78 is 2.10. The Hall–Kier alpha value is -2.51. The zero-order valence-electron chi connectivity index (χ0n) is 14.9. The zero-order valence-corrected chi connectivity index (χ0v) is 14.9. The van der Waals surface area contributed by atoms with Crippen LogP contribution >= 0.6 is 0 Å². The van der Waals surface area contributed by atoms with E-state index < -0.39 is 0 Å². The maximum Gasteiger partial charge on any atom is 0.254 e. The molecule has 2 N–H and O–H groups in total. The first-order valence-electron chi connectivity index (χ1n) is 8.74. The summed E-state index contributed by atoms with van der Waals surface area (Å²) >= 11 is 0. The summed E-state index contributed by atoms with van der Waals surface area (Å²) in [6, 6.07) is 0.0804. The normalized spacial score (nSPS) is 16.5. The second-order valence-electron chi connectivity index (χ2n) is 6.52. The summed E-state index contributed by atoms with van der Waals surface area (Å²) in [5.41, 5.74) is 1.12. The first-order chi connectivity index (χ1) is 12.0. The van der Waals surface area contributed by atoms with Crippen LogP contribution in [-0.4, -0.2) is 36.7 Å². The molecule has 0 bridgehead atoms. The molecule has 25 heavy (non-hydrogen) atoms. The van der Waals surface area contributed by atoms with Gasteiger partial charge >= 0.3 is 0 Å². The van der Waals surface area contributed by atoms with E-state index in [1.165, 1.54) is 0 Å². The van der Waals surface area contributed by atoms with Crippen LogP contribution in [0.4, 0.5) is 0 Å². The third kappa shape index (κ3) is 3.78. The molecule has 134 valence electrons. The summed E-state index contributed by atoms with van der Waals surface area (Å²) in [7, 11) is 0. The summed E-state index contributed by atoms with van der Waals surface area (Å²) in [6.07, 6.45) is 3.18. The Bertz CT molecular complexity index is 825. The topological polar surface area (TPSA) is 106 Å². The predicted octanol–water partition coefficient (Wildman–Crippen LogP) is 0.604. The van der Waals surface area contributed by atoms with E-state index in [9.17, 15) is 9.59 Å². The van der Waals surface area contributed by atoms with Gasteiger partial charge in [0.05, 0.1) is 0 Å². The van der Waals surface area contributed by atoms with Crippen LogP contribution in [0.15, 0.2) is 4.79 Å². The average Bonchev–Trinajstić information content (AvgIpc) is 2.96. The Labute approximate surface area is 146 Å². The number of nitrogens with zero attached hydrogens (tertiary/aromatic N) is 4. The minimum absolute atomic E-state index is 0.0426. The summed E-state index contributed by atoms with van der Waals surface area (Å²) in [5, 5.41) is 11.5. The molecule has 0 saturated carbocycles. The van der Waals surface area contributed by atoms with Gasteiger partial charge in [-0.3, -0.25) is 9.59 Å². The van der Waals surface area contributed by atoms with Crippen LogP contribution < -0.4 is 10.9 Å². The van der Waals surface area contributed by atoms with E-state index in [-0.39, 0.29) is 23.9 Å². The van der Waals surface area contributed by atoms with Crippen molar-refractivity contribution in [3.63, 3.8) is 0 Å². The molecule has 3 heterocycles. The van der Waals surface area contributed by atoms with Gasteiger partial charge in [0.15, 0.2) is 0 Å². The van der Waals surface area contributed by atoms with Crippen molar-refractivity contribution in [1.29, 1.82) is 0 Å². The highest BCUT2D eigenvalue weighted by molar-refractivity contribution is 5.76. The Morgan fingerprint density at radius 2 is 2.16 bits per heavy atom. The smallest absolute Gasteiger partial charge is 0.254 e. The molecule has 8 heteroatoms. The molecule has 2 aromatic heterocycles. The molecule has 1 amide bonds. The second kappa shape index (κ2) is 7.16. The van der Waals surface area contributed by atoms with E-state index in [1.807, 2.05) is 0 Å². The van der Waals surface area contributed by atoms with Crippen LogP contribution in [-0.2, 0) is 30.6 Å². The molecule has 0 saturated heterocycles. The minimum atomic E-state index is -0.155. The number of H-pyrrole nitrogens is 1. The summed E-state index contributed by atoms with van der Waals surface area (Å²) in [6.45, 7) is 6.31. The number of amides is 1. The molecule has 0 aromatic carbocycles. The number of aryl methyl sites for hydroxylation is 4. The fraction of sp³-hybridized carbons (Fsp3) is 0.588. The molecule has 0 spiro atoms. The van der Waals surface area contributed by atoms with Crippen LogP contribution in [0.25, 0.3) is 0 Å². The molecule has 0 radical (unpaired) electrons. The lowest BCUT2D eigenvalue weighted by Crippen LogP contribution is -2.41. The van der Waals surface area contributed by atoms with E-state index in [0.717, 1.165) is 30.9 Å². The van der Waals surface area contributed by atoms with Gasteiger partial charge in [0.25, 0.3) is 5.56 Å². The Kier molecular flexibility index (Phi) is 4.96. The molecule has 0 aliphatic carbocycles. The Morgan fingerprint density at radius 1 is 1.36 bits per heavy atom. The highest BCUT2D eigenvalue weighted by atomic mass is 16.1. The number of aromatic nitrogens is 5. The zero-order chi connectivity index (χ0) is 18.0. The molecule has 3 rings (SSSR count). The van der Waals surface area contributed by atoms with Gasteiger partial charge in [0, 0.05) is 43.1 Å². The fourth-order valence-corrected chi connectivity index (χ4v) is 3.35. The summed E-state index contributed by atoms with van der Waals surface area (Å²) in [5.74, 6) is 2.51. The number of rotatable bonds is 5. The molecular weight excluding hydrogens is 320 g/mol. The molecule has 1 aliphatic rings. The molecule has 8 nitrogen and oxygen atoms in total. The van der Waals surface area contributed by atoms with Gasteiger partial charge in [-0.1, -0.05) is 6.92 Å². The van der Waals surface area contributed by atoms with E-state index in [0.29, 0.717) is 30.0 Å². The van der Waals surface area contributed by atoms with Gasteiger partial charge in [-0.25, -0.2) is 4.98 Å². The van der Waals surface area contributed by atoms with Gasteiger partial charge < -0.3 is 14.9 Å². The Morgan fingerprint density at radius 3 is 2.88 bits per heavy atom. The molecule has 0 fully saturated rings. The number of carbonyl (C=O) groups is 1. The lowest BCUT2D eigenvalue weighted by Gasteiger charge is -2.25. The molecule has 0 unspecified atom stereocenters. The van der Waals surface area contributed by atoms with Crippen LogP contribution in [0.2, 0.25) is 0 Å². The number of fused-ring (bicyclic) bond motifs is 1. The number of nitrogens with one attached hydrogen (secondary N) is 2. The molecule has 1 aliphatic heterocycles. The third-order valence-corrected chi connectivity index (χ3v) is 4.65. The maximum atomic E-state index is 12.3. The number of carbonyl (C=O) groups excluding carboxylic acids is 1. The number of hydrogen-bond donors (Lipinski definition) is 2. The minimum Gasteiger partial charge on any atom is -0.352 e. The highest BCUT2D eigenvalue weighted by Crippen LogP contribution is 2.15. The van der Waals surface area contributed by atoms with E-state index in [1.54, 1.807) is 13.8 Å². The van der Waals surface area contributed by atoms with Crippen LogP contribution in [0.5, 0.6) is 0 Å². The lowest BCUT2D eigenvalue weighted by molar-refractivity contribution is -0.122. The van der Waals surface area contributed by atoms with Gasteiger partial charge in [0.2, 0.25) is 5.91 Å². The summed E-state index contributed by atoms with van der Waals surface area (Å²) in [4.78, 5) is 31.2. The van der Waals surface area contributed by atoms with Crippen molar-refractivity contribution in [3.8, 4) is 0 Å². The standard InChI is InChI=1S/C17H24N6O2/c1-4-14-21-22-15-7-5-12(9-23(14)15)20-16(24)8-6-13-10(2)18-11(3)19-17(13)25/h12H,4-9H2,1-3H3,(H,20,24)(H,18,19,25)/t12-/m0/s1. The number of aromatic amines is 1. The first kappa shape index (κ1) is 17.3. The van der Waals surface area contributed by atoms with E-state index >= 15 is 0 Å². The van der Waals surface area contributed by atoms with Crippen molar-refractivity contribution < 1.29 is 4.79 Å². The third-order valence-electron chi connectivity index (χ3n) is 4.65. The largest absolute Gasteiger partial charge is 0.352 e. The van der Waals surface area contributed by atoms with Crippen molar-refractivity contribution in [3.05, 3.63) is 39.1 Å². The van der Waals surface area contributed by atoms with Gasteiger partial charge in [-0.05, 0) is 26.7 Å². The van der Waals surface area contributed by atoms with Crippen molar-refractivity contribution >= 4 is 5.91 Å².